The van der Waals surface area contributed by atoms with Gasteiger partial charge in [0.25, 0.3) is 5.91 Å². The lowest BCUT2D eigenvalue weighted by atomic mass is 10.1. The molecule has 122 valence electrons. The van der Waals surface area contributed by atoms with Crippen LogP contribution in [0.3, 0.4) is 0 Å². The maximum atomic E-state index is 12.4. The van der Waals surface area contributed by atoms with E-state index in [2.05, 4.69) is 20.0 Å². The number of rotatable bonds is 4. The number of nitrogens with one attached hydrogen (secondary N) is 2. The molecule has 0 spiro atoms. The molecule has 0 aliphatic heterocycles. The van der Waals surface area contributed by atoms with Gasteiger partial charge in [-0.25, -0.2) is 9.78 Å². The smallest absolute Gasteiger partial charge is 0.337 e. The van der Waals surface area contributed by atoms with Gasteiger partial charge in [0.05, 0.1) is 23.7 Å². The van der Waals surface area contributed by atoms with Gasteiger partial charge in [0.1, 0.15) is 5.82 Å². The minimum atomic E-state index is -0.447. The van der Waals surface area contributed by atoms with Crippen molar-refractivity contribution < 1.29 is 14.3 Å². The monoisotopic (exact) mass is 323 g/mol. The zero-order valence-electron chi connectivity index (χ0n) is 13.4. The number of anilines is 1. The molecule has 3 aromatic rings. The standard InChI is InChI=1S/C18H17N3O3/c1-3-16-20-14-8-7-11(10-15(14)21-16)17(22)19-13-6-4-5-12(9-13)18(23)24-2/h4-10H,3H2,1-2H3,(H,19,22)(H,20,21). The summed E-state index contributed by atoms with van der Waals surface area (Å²) in [6.07, 6.45) is 0.802. The van der Waals surface area contributed by atoms with Crippen LogP contribution in [-0.2, 0) is 11.2 Å². The molecule has 6 heteroatoms. The molecule has 24 heavy (non-hydrogen) atoms. The van der Waals surface area contributed by atoms with Crippen LogP contribution in [0.25, 0.3) is 11.0 Å². The lowest BCUT2D eigenvalue weighted by molar-refractivity contribution is 0.0600. The molecule has 0 aliphatic rings. The molecule has 2 aromatic carbocycles. The number of hydrogen-bond donors (Lipinski definition) is 2. The van der Waals surface area contributed by atoms with E-state index in [0.29, 0.717) is 16.8 Å². The van der Waals surface area contributed by atoms with Crippen LogP contribution in [0.1, 0.15) is 33.5 Å². The number of carbonyl (C=O) groups excluding carboxylic acids is 2. The first kappa shape index (κ1) is 15.7. The van der Waals surface area contributed by atoms with Gasteiger partial charge < -0.3 is 15.0 Å². The van der Waals surface area contributed by atoms with E-state index in [9.17, 15) is 9.59 Å². The van der Waals surface area contributed by atoms with Crippen LogP contribution in [-0.4, -0.2) is 29.0 Å². The van der Waals surface area contributed by atoms with Crippen LogP contribution in [0.5, 0.6) is 0 Å². The average molecular weight is 323 g/mol. The zero-order chi connectivity index (χ0) is 17.1. The fourth-order valence-corrected chi connectivity index (χ4v) is 2.42. The second kappa shape index (κ2) is 6.54. The number of nitrogens with zero attached hydrogens (tertiary/aromatic N) is 1. The Balaban J connectivity index is 1.83. The van der Waals surface area contributed by atoms with E-state index in [-0.39, 0.29) is 5.91 Å². The van der Waals surface area contributed by atoms with E-state index >= 15 is 0 Å². The zero-order valence-corrected chi connectivity index (χ0v) is 13.4. The molecule has 3 rings (SSSR count). The van der Waals surface area contributed by atoms with Crippen molar-refractivity contribution in [3.05, 3.63) is 59.4 Å². The average Bonchev–Trinajstić information content (AvgIpc) is 3.03. The molecule has 6 nitrogen and oxygen atoms in total. The fourth-order valence-electron chi connectivity index (χ4n) is 2.42. The molecule has 0 radical (unpaired) electrons. The van der Waals surface area contributed by atoms with Crippen molar-refractivity contribution in [3.63, 3.8) is 0 Å². The number of H-pyrrole nitrogens is 1. The summed E-state index contributed by atoms with van der Waals surface area (Å²) in [5.74, 6) is 0.178. The first-order chi connectivity index (χ1) is 11.6. The third-order valence-corrected chi connectivity index (χ3v) is 3.67. The normalized spacial score (nSPS) is 10.6. The van der Waals surface area contributed by atoms with E-state index in [1.807, 2.05) is 13.0 Å². The predicted molar refractivity (Wildman–Crippen MR) is 91.2 cm³/mol. The number of benzene rings is 2. The van der Waals surface area contributed by atoms with Crippen molar-refractivity contribution in [1.82, 2.24) is 9.97 Å². The van der Waals surface area contributed by atoms with Crippen LogP contribution >= 0.6 is 0 Å². The summed E-state index contributed by atoms with van der Waals surface area (Å²) in [6.45, 7) is 2.01. The summed E-state index contributed by atoms with van der Waals surface area (Å²) in [4.78, 5) is 31.6. The summed E-state index contributed by atoms with van der Waals surface area (Å²) in [7, 11) is 1.32. The van der Waals surface area contributed by atoms with E-state index in [1.165, 1.54) is 7.11 Å². The Hall–Kier alpha value is -3.15. The maximum absolute atomic E-state index is 12.4. The molecule has 0 aliphatic carbocycles. The van der Waals surface area contributed by atoms with Crippen molar-refractivity contribution in [2.75, 3.05) is 12.4 Å². The van der Waals surface area contributed by atoms with Crippen LogP contribution < -0.4 is 5.32 Å². The molecular formula is C18H17N3O3. The number of aromatic amines is 1. The molecule has 0 fully saturated rings. The number of methoxy groups -OCH3 is 1. The van der Waals surface area contributed by atoms with Gasteiger partial charge in [0.2, 0.25) is 0 Å². The summed E-state index contributed by atoms with van der Waals surface area (Å²) in [5, 5.41) is 2.78. The summed E-state index contributed by atoms with van der Waals surface area (Å²) in [5.41, 5.74) is 3.07. The van der Waals surface area contributed by atoms with Gasteiger partial charge in [-0.15, -0.1) is 0 Å². The first-order valence-corrected chi connectivity index (χ1v) is 7.59. The van der Waals surface area contributed by atoms with Gasteiger partial charge in [0.15, 0.2) is 0 Å². The second-order valence-electron chi connectivity index (χ2n) is 5.30. The van der Waals surface area contributed by atoms with Gasteiger partial charge in [-0.2, -0.15) is 0 Å². The predicted octanol–water partition coefficient (Wildman–Crippen LogP) is 3.16. The molecule has 2 N–H and O–H groups in total. The lowest BCUT2D eigenvalue weighted by Gasteiger charge is -2.07. The quantitative estimate of drug-likeness (QED) is 0.722. The van der Waals surface area contributed by atoms with Gasteiger partial charge in [-0.1, -0.05) is 13.0 Å². The fraction of sp³-hybridized carbons (Fsp3) is 0.167. The third-order valence-electron chi connectivity index (χ3n) is 3.67. The number of imidazole rings is 1. The van der Waals surface area contributed by atoms with Crippen LogP contribution in [0, 0.1) is 0 Å². The maximum Gasteiger partial charge on any atom is 0.337 e. The highest BCUT2D eigenvalue weighted by Crippen LogP contribution is 2.17. The largest absolute Gasteiger partial charge is 0.465 e. The van der Waals surface area contributed by atoms with Gasteiger partial charge >= 0.3 is 5.97 Å². The molecule has 1 aromatic heterocycles. The topological polar surface area (TPSA) is 84.1 Å². The number of ether oxygens (including phenoxy) is 1. The van der Waals surface area contributed by atoms with E-state index in [4.69, 9.17) is 0 Å². The summed E-state index contributed by atoms with van der Waals surface area (Å²) >= 11 is 0. The Bertz CT molecular complexity index is 915. The molecule has 1 heterocycles. The Labute approximate surface area is 138 Å². The number of fused-ring (bicyclic) bond motifs is 1. The number of esters is 1. The number of hydrogen-bond acceptors (Lipinski definition) is 4. The van der Waals surface area contributed by atoms with Gasteiger partial charge in [0, 0.05) is 17.7 Å². The number of aromatic nitrogens is 2. The highest BCUT2D eigenvalue weighted by molar-refractivity contribution is 6.06. The van der Waals surface area contributed by atoms with Crippen LogP contribution in [0.15, 0.2) is 42.5 Å². The SMILES string of the molecule is CCc1nc2ccc(C(=O)Nc3cccc(C(=O)OC)c3)cc2[nH]1. The molecular weight excluding hydrogens is 306 g/mol. The third kappa shape index (κ3) is 3.12. The molecule has 1 amide bonds. The van der Waals surface area contributed by atoms with Crippen LogP contribution in [0.2, 0.25) is 0 Å². The Kier molecular flexibility index (Phi) is 4.29. The minimum Gasteiger partial charge on any atom is -0.465 e. The second-order valence-corrected chi connectivity index (χ2v) is 5.30. The highest BCUT2D eigenvalue weighted by atomic mass is 16.5. The molecule has 0 atom stereocenters. The number of carbonyl (C=O) groups is 2. The van der Waals surface area contributed by atoms with Crippen molar-refractivity contribution in [3.8, 4) is 0 Å². The number of aryl methyl sites for hydroxylation is 1. The van der Waals surface area contributed by atoms with Crippen molar-refractivity contribution >= 4 is 28.6 Å². The van der Waals surface area contributed by atoms with E-state index < -0.39 is 5.97 Å². The Morgan fingerprint density at radius 2 is 2.00 bits per heavy atom. The minimum absolute atomic E-state index is 0.258. The lowest BCUT2D eigenvalue weighted by Crippen LogP contribution is -2.12. The molecule has 0 saturated heterocycles. The van der Waals surface area contributed by atoms with E-state index in [1.54, 1.807) is 36.4 Å². The highest BCUT2D eigenvalue weighted by Gasteiger charge is 2.11. The van der Waals surface area contributed by atoms with Gasteiger partial charge in [-0.3, -0.25) is 4.79 Å². The Morgan fingerprint density at radius 1 is 1.17 bits per heavy atom. The molecule has 0 bridgehead atoms. The van der Waals surface area contributed by atoms with Crippen molar-refractivity contribution in [2.24, 2.45) is 0 Å². The summed E-state index contributed by atoms with van der Waals surface area (Å²) < 4.78 is 4.68. The van der Waals surface area contributed by atoms with E-state index in [0.717, 1.165) is 23.3 Å². The Morgan fingerprint density at radius 3 is 2.75 bits per heavy atom. The first-order valence-electron chi connectivity index (χ1n) is 7.59. The number of amides is 1. The van der Waals surface area contributed by atoms with Crippen molar-refractivity contribution in [1.29, 1.82) is 0 Å². The van der Waals surface area contributed by atoms with Crippen molar-refractivity contribution in [2.45, 2.75) is 13.3 Å². The van der Waals surface area contributed by atoms with Gasteiger partial charge in [-0.05, 0) is 36.4 Å². The molecule has 0 saturated carbocycles. The van der Waals surface area contributed by atoms with Crippen LogP contribution in [0.4, 0.5) is 5.69 Å². The summed E-state index contributed by atoms with van der Waals surface area (Å²) in [6, 6.07) is 11.9. The molecule has 0 unspecified atom stereocenters.